The summed E-state index contributed by atoms with van der Waals surface area (Å²) < 4.78 is 1.11. The Kier molecular flexibility index (Phi) is 5.26. The molecule has 0 amide bonds. The lowest BCUT2D eigenvalue weighted by Crippen LogP contribution is -2.31. The first-order chi connectivity index (χ1) is 9.10. The fraction of sp³-hybridized carbons (Fsp3) is 0.526. The van der Waals surface area contributed by atoms with Crippen LogP contribution in [0.1, 0.15) is 60.6 Å². The summed E-state index contributed by atoms with van der Waals surface area (Å²) in [4.78, 5) is 4.94. The van der Waals surface area contributed by atoms with Gasteiger partial charge in [0.2, 0.25) is 0 Å². The SMILES string of the molecule is C.CC(C)(C)C(c1ccc2c(Br)cccc2n1)C(C)(C)C. The molecule has 0 unspecified atom stereocenters. The van der Waals surface area contributed by atoms with Gasteiger partial charge < -0.3 is 0 Å². The molecule has 0 bridgehead atoms. The van der Waals surface area contributed by atoms with E-state index in [-0.39, 0.29) is 18.3 Å². The molecule has 0 spiro atoms. The molecular formula is C19H28BrN. The number of hydrogen-bond donors (Lipinski definition) is 0. The zero-order chi connectivity index (χ0) is 15.1. The van der Waals surface area contributed by atoms with Crippen LogP contribution in [0.4, 0.5) is 0 Å². The van der Waals surface area contributed by atoms with Gasteiger partial charge in [0.25, 0.3) is 0 Å². The smallest absolute Gasteiger partial charge is 0.0716 e. The number of aromatic nitrogens is 1. The quantitative estimate of drug-likeness (QED) is 0.550. The summed E-state index contributed by atoms with van der Waals surface area (Å²) in [5.74, 6) is 0.415. The standard InChI is InChI=1S/C18H24BrN.CH4/c1-17(2,3)16(18(4,5)6)15-11-10-12-13(19)8-7-9-14(12)20-15;/h7-11,16H,1-6H3;1H4. The molecular weight excluding hydrogens is 322 g/mol. The molecule has 21 heavy (non-hydrogen) atoms. The van der Waals surface area contributed by atoms with Crippen LogP contribution in [0.3, 0.4) is 0 Å². The number of hydrogen-bond acceptors (Lipinski definition) is 1. The molecule has 0 radical (unpaired) electrons. The second kappa shape index (κ2) is 6.08. The van der Waals surface area contributed by atoms with Gasteiger partial charge in [-0.3, -0.25) is 4.98 Å². The van der Waals surface area contributed by atoms with Crippen LogP contribution < -0.4 is 0 Å². The molecule has 0 aliphatic carbocycles. The largest absolute Gasteiger partial charge is 0.252 e. The Morgan fingerprint density at radius 1 is 0.905 bits per heavy atom. The highest BCUT2D eigenvalue weighted by Crippen LogP contribution is 2.46. The number of pyridine rings is 1. The number of halogens is 1. The van der Waals surface area contributed by atoms with E-state index >= 15 is 0 Å². The van der Waals surface area contributed by atoms with E-state index in [1.807, 2.05) is 6.07 Å². The Bertz CT molecular complexity index is 603. The van der Waals surface area contributed by atoms with E-state index in [0.717, 1.165) is 9.99 Å². The van der Waals surface area contributed by atoms with Crippen LogP contribution in [0, 0.1) is 10.8 Å². The van der Waals surface area contributed by atoms with Gasteiger partial charge in [-0.05, 0) is 35.1 Å². The number of nitrogens with zero attached hydrogens (tertiary/aromatic N) is 1. The summed E-state index contributed by atoms with van der Waals surface area (Å²) >= 11 is 3.60. The molecule has 0 fully saturated rings. The van der Waals surface area contributed by atoms with Crippen molar-refractivity contribution in [3.8, 4) is 0 Å². The van der Waals surface area contributed by atoms with E-state index in [0.29, 0.717) is 5.92 Å². The summed E-state index contributed by atoms with van der Waals surface area (Å²) in [6.07, 6.45) is 0. The molecule has 2 aromatic rings. The van der Waals surface area contributed by atoms with Crippen molar-refractivity contribution in [2.45, 2.75) is 54.9 Å². The fourth-order valence-electron chi connectivity index (χ4n) is 3.48. The monoisotopic (exact) mass is 349 g/mol. The van der Waals surface area contributed by atoms with E-state index in [1.54, 1.807) is 0 Å². The summed E-state index contributed by atoms with van der Waals surface area (Å²) in [6.45, 7) is 13.8. The molecule has 0 saturated heterocycles. The van der Waals surface area contributed by atoms with Crippen molar-refractivity contribution in [3.05, 3.63) is 40.5 Å². The molecule has 0 N–H and O–H groups in total. The van der Waals surface area contributed by atoms with E-state index in [1.165, 1.54) is 11.1 Å². The molecule has 116 valence electrons. The molecule has 0 aliphatic rings. The minimum absolute atomic E-state index is 0. The van der Waals surface area contributed by atoms with Crippen LogP contribution in [0.25, 0.3) is 10.9 Å². The third-order valence-corrected chi connectivity index (χ3v) is 4.42. The first kappa shape index (κ1) is 18.2. The van der Waals surface area contributed by atoms with Crippen LogP contribution in [0.5, 0.6) is 0 Å². The zero-order valence-corrected chi connectivity index (χ0v) is 14.9. The Balaban J connectivity index is 0.00000220. The first-order valence-corrected chi connectivity index (χ1v) is 7.95. The molecule has 1 nitrogen and oxygen atoms in total. The van der Waals surface area contributed by atoms with Crippen molar-refractivity contribution < 1.29 is 0 Å². The van der Waals surface area contributed by atoms with Crippen LogP contribution >= 0.6 is 15.9 Å². The van der Waals surface area contributed by atoms with Crippen molar-refractivity contribution in [2.75, 3.05) is 0 Å². The maximum absolute atomic E-state index is 4.94. The van der Waals surface area contributed by atoms with E-state index in [9.17, 15) is 0 Å². The van der Waals surface area contributed by atoms with Gasteiger partial charge in [-0.1, -0.05) is 71.0 Å². The topological polar surface area (TPSA) is 12.9 Å². The Hall–Kier alpha value is -0.890. The van der Waals surface area contributed by atoms with Crippen LogP contribution in [-0.2, 0) is 0 Å². The normalized spacial score (nSPS) is 12.6. The molecule has 1 aromatic carbocycles. The highest BCUT2D eigenvalue weighted by atomic mass is 79.9. The lowest BCUT2D eigenvalue weighted by molar-refractivity contribution is 0.172. The van der Waals surface area contributed by atoms with Crippen molar-refractivity contribution in [3.63, 3.8) is 0 Å². The molecule has 0 saturated carbocycles. The van der Waals surface area contributed by atoms with Gasteiger partial charge in [-0.15, -0.1) is 0 Å². The third-order valence-electron chi connectivity index (χ3n) is 3.73. The van der Waals surface area contributed by atoms with Gasteiger partial charge in [0, 0.05) is 21.5 Å². The second-order valence-electron chi connectivity index (χ2n) is 7.71. The average Bonchev–Trinajstić information content (AvgIpc) is 2.25. The summed E-state index contributed by atoms with van der Waals surface area (Å²) in [5.41, 5.74) is 2.63. The average molecular weight is 350 g/mol. The maximum atomic E-state index is 4.94. The molecule has 0 aliphatic heterocycles. The molecule has 1 aromatic heterocycles. The number of fused-ring (bicyclic) bond motifs is 1. The predicted octanol–water partition coefficient (Wildman–Crippen LogP) is 6.81. The Morgan fingerprint density at radius 3 is 2.00 bits per heavy atom. The van der Waals surface area contributed by atoms with Crippen molar-refractivity contribution >= 4 is 26.8 Å². The van der Waals surface area contributed by atoms with Crippen LogP contribution in [0.2, 0.25) is 0 Å². The van der Waals surface area contributed by atoms with Gasteiger partial charge in [0.15, 0.2) is 0 Å². The minimum atomic E-state index is 0. The second-order valence-corrected chi connectivity index (χ2v) is 8.56. The molecule has 0 atom stereocenters. The maximum Gasteiger partial charge on any atom is 0.0716 e. The predicted molar refractivity (Wildman–Crippen MR) is 97.8 cm³/mol. The van der Waals surface area contributed by atoms with Crippen LogP contribution in [-0.4, -0.2) is 4.98 Å². The van der Waals surface area contributed by atoms with E-state index in [4.69, 9.17) is 4.98 Å². The van der Waals surface area contributed by atoms with E-state index in [2.05, 4.69) is 81.7 Å². The van der Waals surface area contributed by atoms with Crippen LogP contribution in [0.15, 0.2) is 34.8 Å². The highest BCUT2D eigenvalue weighted by molar-refractivity contribution is 9.10. The molecule has 2 heteroatoms. The fourth-order valence-corrected chi connectivity index (χ4v) is 3.97. The van der Waals surface area contributed by atoms with Gasteiger partial charge in [-0.2, -0.15) is 0 Å². The molecule has 2 rings (SSSR count). The van der Waals surface area contributed by atoms with Gasteiger partial charge in [-0.25, -0.2) is 0 Å². The van der Waals surface area contributed by atoms with Crippen molar-refractivity contribution in [1.82, 2.24) is 4.98 Å². The minimum Gasteiger partial charge on any atom is -0.252 e. The summed E-state index contributed by atoms with van der Waals surface area (Å²) in [7, 11) is 0. The number of benzene rings is 1. The number of rotatable bonds is 1. The molecule has 1 heterocycles. The third kappa shape index (κ3) is 3.85. The lowest BCUT2D eigenvalue weighted by atomic mass is 9.65. The highest BCUT2D eigenvalue weighted by Gasteiger charge is 2.37. The van der Waals surface area contributed by atoms with Gasteiger partial charge >= 0.3 is 0 Å². The van der Waals surface area contributed by atoms with Gasteiger partial charge in [0.1, 0.15) is 0 Å². The van der Waals surface area contributed by atoms with Gasteiger partial charge in [0.05, 0.1) is 5.52 Å². The Morgan fingerprint density at radius 2 is 1.48 bits per heavy atom. The lowest BCUT2D eigenvalue weighted by Gasteiger charge is -2.40. The van der Waals surface area contributed by atoms with Crippen molar-refractivity contribution in [2.24, 2.45) is 10.8 Å². The van der Waals surface area contributed by atoms with E-state index < -0.39 is 0 Å². The zero-order valence-electron chi connectivity index (χ0n) is 13.3. The summed E-state index contributed by atoms with van der Waals surface area (Å²) in [5, 5.41) is 1.18. The summed E-state index contributed by atoms with van der Waals surface area (Å²) in [6, 6.07) is 10.6. The Labute approximate surface area is 138 Å². The van der Waals surface area contributed by atoms with Crippen molar-refractivity contribution in [1.29, 1.82) is 0 Å². The first-order valence-electron chi connectivity index (χ1n) is 7.16.